The first-order chi connectivity index (χ1) is 11.5. The lowest BCUT2D eigenvalue weighted by atomic mass is 10.1. The molecule has 0 radical (unpaired) electrons. The smallest absolute Gasteiger partial charge is 0.257 e. The number of nitrogens with one attached hydrogen (secondary N) is 2. The first-order valence-corrected chi connectivity index (χ1v) is 8.83. The molecule has 1 saturated carbocycles. The normalized spacial score (nSPS) is 13.4. The monoisotopic (exact) mass is 406 g/mol. The molecule has 2 aromatic carbocycles. The molecule has 2 amide bonds. The number of anilines is 1. The maximum Gasteiger partial charge on any atom is 0.257 e. The summed E-state index contributed by atoms with van der Waals surface area (Å²) in [5, 5.41) is 6.15. The Bertz CT molecular complexity index is 773. The van der Waals surface area contributed by atoms with E-state index in [1.807, 2.05) is 12.1 Å². The average molecular weight is 408 g/mol. The first kappa shape index (κ1) is 17.0. The average Bonchev–Trinajstić information content (AvgIpc) is 3.35. The molecule has 0 aromatic heterocycles. The van der Waals surface area contributed by atoms with E-state index in [4.69, 9.17) is 11.6 Å². The van der Waals surface area contributed by atoms with Crippen molar-refractivity contribution in [3.05, 3.63) is 63.1 Å². The zero-order valence-electron chi connectivity index (χ0n) is 12.8. The minimum absolute atomic E-state index is 0.0372. The van der Waals surface area contributed by atoms with Gasteiger partial charge in [0.05, 0.1) is 17.0 Å². The SMILES string of the molecule is O=C(Cc1ccc(NC(=O)c2cc(Br)ccc2Cl)cc1)NC1CC1. The molecular weight excluding hydrogens is 392 g/mol. The van der Waals surface area contributed by atoms with Gasteiger partial charge in [0.1, 0.15) is 0 Å². The van der Waals surface area contributed by atoms with Crippen molar-refractivity contribution in [2.24, 2.45) is 0 Å². The molecule has 0 atom stereocenters. The van der Waals surface area contributed by atoms with Gasteiger partial charge in [-0.25, -0.2) is 0 Å². The van der Waals surface area contributed by atoms with Crippen molar-refractivity contribution in [3.8, 4) is 0 Å². The second kappa shape index (κ2) is 7.36. The van der Waals surface area contributed by atoms with Crippen LogP contribution in [0.4, 0.5) is 5.69 Å². The Kier molecular flexibility index (Phi) is 5.21. The van der Waals surface area contributed by atoms with Crippen molar-refractivity contribution in [2.45, 2.75) is 25.3 Å². The van der Waals surface area contributed by atoms with Crippen molar-refractivity contribution in [3.63, 3.8) is 0 Å². The summed E-state index contributed by atoms with van der Waals surface area (Å²) < 4.78 is 0.786. The Labute approximate surface area is 153 Å². The highest BCUT2D eigenvalue weighted by atomic mass is 79.9. The molecule has 2 N–H and O–H groups in total. The standard InChI is InChI=1S/C18H16BrClN2O2/c19-12-3-8-16(20)15(10-12)18(24)22-14-4-1-11(2-5-14)9-17(23)21-13-6-7-13/h1-5,8,10,13H,6-7,9H2,(H,21,23)(H,22,24). The molecule has 2 aromatic rings. The van der Waals surface area contributed by atoms with E-state index in [-0.39, 0.29) is 11.8 Å². The van der Waals surface area contributed by atoms with Gasteiger partial charge in [0.25, 0.3) is 5.91 Å². The summed E-state index contributed by atoms with van der Waals surface area (Å²) in [5.74, 6) is -0.240. The number of amides is 2. The summed E-state index contributed by atoms with van der Waals surface area (Å²) >= 11 is 9.39. The zero-order valence-corrected chi connectivity index (χ0v) is 15.2. The largest absolute Gasteiger partial charge is 0.353 e. The second-order valence-corrected chi connectivity index (χ2v) is 7.12. The van der Waals surface area contributed by atoms with Crippen molar-refractivity contribution < 1.29 is 9.59 Å². The third kappa shape index (κ3) is 4.58. The van der Waals surface area contributed by atoms with Crippen molar-refractivity contribution >= 4 is 45.0 Å². The van der Waals surface area contributed by atoms with Gasteiger partial charge in [-0.15, -0.1) is 0 Å². The molecule has 0 heterocycles. The summed E-state index contributed by atoms with van der Waals surface area (Å²) in [6, 6.07) is 12.7. The molecule has 3 rings (SSSR count). The highest BCUT2D eigenvalue weighted by molar-refractivity contribution is 9.10. The molecule has 1 aliphatic rings. The predicted octanol–water partition coefficient (Wildman–Crippen LogP) is 4.18. The number of carbonyl (C=O) groups is 2. The maximum absolute atomic E-state index is 12.3. The molecule has 124 valence electrons. The topological polar surface area (TPSA) is 58.2 Å². The van der Waals surface area contributed by atoms with Crippen molar-refractivity contribution in [1.29, 1.82) is 0 Å². The van der Waals surface area contributed by atoms with E-state index in [9.17, 15) is 9.59 Å². The van der Waals surface area contributed by atoms with Crippen LogP contribution in [0.2, 0.25) is 5.02 Å². The van der Waals surface area contributed by atoms with Crippen LogP contribution in [-0.4, -0.2) is 17.9 Å². The van der Waals surface area contributed by atoms with Gasteiger partial charge in [-0.2, -0.15) is 0 Å². The number of rotatable bonds is 5. The van der Waals surface area contributed by atoms with Crippen molar-refractivity contribution in [2.75, 3.05) is 5.32 Å². The zero-order chi connectivity index (χ0) is 17.1. The molecule has 1 aliphatic carbocycles. The number of carbonyl (C=O) groups excluding carboxylic acids is 2. The van der Waals surface area contributed by atoms with Crippen molar-refractivity contribution in [1.82, 2.24) is 5.32 Å². The number of halogens is 2. The van der Waals surface area contributed by atoms with Crippen LogP contribution in [0.15, 0.2) is 46.9 Å². The summed E-state index contributed by atoms with van der Waals surface area (Å²) in [4.78, 5) is 24.1. The Morgan fingerprint density at radius 1 is 1.12 bits per heavy atom. The molecule has 6 heteroatoms. The highest BCUT2D eigenvalue weighted by Gasteiger charge is 2.23. The van der Waals surface area contributed by atoms with Crippen LogP contribution in [-0.2, 0) is 11.2 Å². The third-order valence-corrected chi connectivity index (χ3v) is 4.51. The van der Waals surface area contributed by atoms with Crippen LogP contribution in [0.1, 0.15) is 28.8 Å². The summed E-state index contributed by atoms with van der Waals surface area (Å²) in [6.45, 7) is 0. The van der Waals surface area contributed by atoms with Crippen LogP contribution in [0.3, 0.4) is 0 Å². The summed E-state index contributed by atoms with van der Waals surface area (Å²) in [5.41, 5.74) is 1.97. The third-order valence-electron chi connectivity index (χ3n) is 3.69. The fourth-order valence-electron chi connectivity index (χ4n) is 2.27. The van der Waals surface area contributed by atoms with E-state index in [0.29, 0.717) is 28.7 Å². The van der Waals surface area contributed by atoms with Gasteiger partial charge < -0.3 is 10.6 Å². The fraction of sp³-hybridized carbons (Fsp3) is 0.222. The lowest BCUT2D eigenvalue weighted by Crippen LogP contribution is -2.26. The van der Waals surface area contributed by atoms with Crippen LogP contribution >= 0.6 is 27.5 Å². The Hall–Kier alpha value is -1.85. The molecule has 0 bridgehead atoms. The lowest BCUT2D eigenvalue weighted by molar-refractivity contribution is -0.120. The number of hydrogen-bond acceptors (Lipinski definition) is 2. The van der Waals surface area contributed by atoms with E-state index >= 15 is 0 Å². The van der Waals surface area contributed by atoms with Gasteiger partial charge >= 0.3 is 0 Å². The molecule has 0 spiro atoms. The maximum atomic E-state index is 12.3. The van der Waals surface area contributed by atoms with E-state index in [2.05, 4.69) is 26.6 Å². The quantitative estimate of drug-likeness (QED) is 0.781. The summed E-state index contributed by atoms with van der Waals surface area (Å²) in [6.07, 6.45) is 2.51. The van der Waals surface area contributed by atoms with Crippen LogP contribution in [0.25, 0.3) is 0 Å². The number of hydrogen-bond donors (Lipinski definition) is 2. The van der Waals surface area contributed by atoms with E-state index in [1.165, 1.54) is 0 Å². The first-order valence-electron chi connectivity index (χ1n) is 7.66. The van der Waals surface area contributed by atoms with Crippen LogP contribution in [0.5, 0.6) is 0 Å². The van der Waals surface area contributed by atoms with E-state index < -0.39 is 0 Å². The van der Waals surface area contributed by atoms with Crippen LogP contribution in [0, 0.1) is 0 Å². The van der Waals surface area contributed by atoms with E-state index in [0.717, 1.165) is 22.9 Å². The minimum atomic E-state index is -0.277. The van der Waals surface area contributed by atoms with Gasteiger partial charge in [0, 0.05) is 16.2 Å². The minimum Gasteiger partial charge on any atom is -0.353 e. The number of benzene rings is 2. The van der Waals surface area contributed by atoms with Gasteiger partial charge in [0.2, 0.25) is 5.91 Å². The fourth-order valence-corrected chi connectivity index (χ4v) is 2.83. The van der Waals surface area contributed by atoms with Gasteiger partial charge in [-0.05, 0) is 48.7 Å². The molecule has 1 fully saturated rings. The highest BCUT2D eigenvalue weighted by Crippen LogP contribution is 2.22. The Morgan fingerprint density at radius 3 is 2.50 bits per heavy atom. The van der Waals surface area contributed by atoms with E-state index in [1.54, 1.807) is 30.3 Å². The predicted molar refractivity (Wildman–Crippen MR) is 98.4 cm³/mol. The van der Waals surface area contributed by atoms with Gasteiger partial charge in [-0.1, -0.05) is 39.7 Å². The molecule has 4 nitrogen and oxygen atoms in total. The second-order valence-electron chi connectivity index (χ2n) is 5.79. The van der Waals surface area contributed by atoms with Gasteiger partial charge in [-0.3, -0.25) is 9.59 Å². The Morgan fingerprint density at radius 2 is 1.83 bits per heavy atom. The lowest BCUT2D eigenvalue weighted by Gasteiger charge is -2.08. The molecule has 24 heavy (non-hydrogen) atoms. The molecule has 0 unspecified atom stereocenters. The Balaban J connectivity index is 1.61. The molecular formula is C18H16BrClN2O2. The van der Waals surface area contributed by atoms with Gasteiger partial charge in [0.15, 0.2) is 0 Å². The molecule has 0 saturated heterocycles. The summed E-state index contributed by atoms with van der Waals surface area (Å²) in [7, 11) is 0. The molecule has 0 aliphatic heterocycles. The van der Waals surface area contributed by atoms with Crippen LogP contribution < -0.4 is 10.6 Å².